The number of hydrogen-bond acceptors (Lipinski definition) is 3. The van der Waals surface area contributed by atoms with Gasteiger partial charge in [-0.25, -0.2) is 4.98 Å². The van der Waals surface area contributed by atoms with E-state index in [1.165, 1.54) is 0 Å². The largest absolute Gasteiger partial charge is 0.488 e. The number of nitrogens with zero attached hydrogens (tertiary/aromatic N) is 1. The van der Waals surface area contributed by atoms with Gasteiger partial charge < -0.3 is 10.5 Å². The number of rotatable bonds is 3. The van der Waals surface area contributed by atoms with Crippen LogP contribution in [-0.4, -0.2) is 4.98 Å². The van der Waals surface area contributed by atoms with Gasteiger partial charge in [-0.15, -0.1) is 0 Å². The van der Waals surface area contributed by atoms with Crippen LogP contribution in [0.15, 0.2) is 54.7 Å². The lowest BCUT2D eigenvalue weighted by Gasteiger charge is -2.10. The molecule has 0 bridgehead atoms. The van der Waals surface area contributed by atoms with Crippen molar-refractivity contribution < 1.29 is 4.74 Å². The van der Waals surface area contributed by atoms with E-state index in [1.54, 1.807) is 12.3 Å². The summed E-state index contributed by atoms with van der Waals surface area (Å²) in [5.41, 5.74) is 6.64. The molecule has 2 N–H and O–H groups in total. The normalized spacial score (nSPS) is 10.7. The van der Waals surface area contributed by atoms with Crippen LogP contribution in [0.2, 0.25) is 5.02 Å². The number of anilines is 1. The SMILES string of the molecule is Nc1cc(COc2ccc(Cl)c3ccccc23)ccn1. The molecule has 0 fully saturated rings. The molecule has 1 aromatic heterocycles. The van der Waals surface area contributed by atoms with Crippen molar-refractivity contribution in [3.05, 3.63) is 65.3 Å². The van der Waals surface area contributed by atoms with E-state index in [2.05, 4.69) is 4.98 Å². The monoisotopic (exact) mass is 284 g/mol. The Balaban J connectivity index is 1.90. The third-order valence-corrected chi connectivity index (χ3v) is 3.40. The number of nitrogens with two attached hydrogens (primary N) is 1. The van der Waals surface area contributed by atoms with Gasteiger partial charge in [0.15, 0.2) is 0 Å². The molecule has 0 atom stereocenters. The zero-order chi connectivity index (χ0) is 13.9. The average Bonchev–Trinajstić information content (AvgIpc) is 2.47. The lowest BCUT2D eigenvalue weighted by molar-refractivity contribution is 0.310. The number of ether oxygens (including phenoxy) is 1. The number of benzene rings is 2. The van der Waals surface area contributed by atoms with Crippen LogP contribution in [0, 0.1) is 0 Å². The standard InChI is InChI=1S/C16H13ClN2O/c17-14-5-6-15(13-4-2-1-3-12(13)14)20-10-11-7-8-19-16(18)9-11/h1-9H,10H2,(H2,18,19). The van der Waals surface area contributed by atoms with Crippen molar-refractivity contribution in [2.75, 3.05) is 5.73 Å². The lowest BCUT2D eigenvalue weighted by Crippen LogP contribution is -1.98. The fourth-order valence-corrected chi connectivity index (χ4v) is 2.33. The summed E-state index contributed by atoms with van der Waals surface area (Å²) in [7, 11) is 0. The summed E-state index contributed by atoms with van der Waals surface area (Å²) in [6.07, 6.45) is 1.67. The molecule has 0 aliphatic rings. The number of fused-ring (bicyclic) bond motifs is 1. The molecular formula is C16H13ClN2O. The van der Waals surface area contributed by atoms with Gasteiger partial charge in [0.1, 0.15) is 18.2 Å². The average molecular weight is 285 g/mol. The molecule has 0 spiro atoms. The summed E-state index contributed by atoms with van der Waals surface area (Å²) in [6.45, 7) is 0.443. The minimum atomic E-state index is 0.443. The highest BCUT2D eigenvalue weighted by atomic mass is 35.5. The molecular weight excluding hydrogens is 272 g/mol. The maximum Gasteiger partial charge on any atom is 0.127 e. The quantitative estimate of drug-likeness (QED) is 0.789. The highest BCUT2D eigenvalue weighted by molar-refractivity contribution is 6.35. The zero-order valence-corrected chi connectivity index (χ0v) is 11.5. The maximum absolute atomic E-state index is 6.19. The van der Waals surface area contributed by atoms with Crippen molar-refractivity contribution in [2.45, 2.75) is 6.61 Å². The maximum atomic E-state index is 6.19. The molecule has 4 heteroatoms. The predicted molar refractivity (Wildman–Crippen MR) is 81.9 cm³/mol. The Morgan fingerprint density at radius 1 is 1.05 bits per heavy atom. The molecule has 1 heterocycles. The molecule has 0 saturated heterocycles. The summed E-state index contributed by atoms with van der Waals surface area (Å²) >= 11 is 6.19. The van der Waals surface area contributed by atoms with E-state index in [-0.39, 0.29) is 0 Å². The molecule has 0 aliphatic carbocycles. The van der Waals surface area contributed by atoms with E-state index in [4.69, 9.17) is 22.1 Å². The van der Waals surface area contributed by atoms with E-state index in [0.717, 1.165) is 27.1 Å². The van der Waals surface area contributed by atoms with E-state index >= 15 is 0 Å². The molecule has 3 rings (SSSR count). The molecule has 100 valence electrons. The second-order valence-electron chi connectivity index (χ2n) is 4.47. The first-order valence-electron chi connectivity index (χ1n) is 6.24. The Labute approximate surface area is 122 Å². The summed E-state index contributed by atoms with van der Waals surface area (Å²) in [6, 6.07) is 15.3. The van der Waals surface area contributed by atoms with Crippen molar-refractivity contribution >= 4 is 28.2 Å². The molecule has 0 aliphatic heterocycles. The zero-order valence-electron chi connectivity index (χ0n) is 10.7. The Kier molecular flexibility index (Phi) is 3.44. The fraction of sp³-hybridized carbons (Fsp3) is 0.0625. The van der Waals surface area contributed by atoms with Crippen LogP contribution in [0.5, 0.6) is 5.75 Å². The molecule has 0 radical (unpaired) electrons. The minimum Gasteiger partial charge on any atom is -0.488 e. The second-order valence-corrected chi connectivity index (χ2v) is 4.88. The van der Waals surface area contributed by atoms with E-state index in [9.17, 15) is 0 Å². The smallest absolute Gasteiger partial charge is 0.127 e. The lowest BCUT2D eigenvalue weighted by atomic mass is 10.1. The number of nitrogen functional groups attached to an aromatic ring is 1. The first-order valence-corrected chi connectivity index (χ1v) is 6.62. The minimum absolute atomic E-state index is 0.443. The van der Waals surface area contributed by atoms with Crippen molar-refractivity contribution in [3.63, 3.8) is 0 Å². The Morgan fingerprint density at radius 3 is 2.65 bits per heavy atom. The predicted octanol–water partition coefficient (Wildman–Crippen LogP) is 4.05. The van der Waals surface area contributed by atoms with Crippen molar-refractivity contribution in [2.24, 2.45) is 0 Å². The Hall–Kier alpha value is -2.26. The summed E-state index contributed by atoms with van der Waals surface area (Å²) < 4.78 is 5.87. The van der Waals surface area contributed by atoms with Crippen LogP contribution in [0.1, 0.15) is 5.56 Å². The number of pyridine rings is 1. The van der Waals surface area contributed by atoms with Gasteiger partial charge in [-0.05, 0) is 29.8 Å². The van der Waals surface area contributed by atoms with Crippen LogP contribution in [0.3, 0.4) is 0 Å². The third-order valence-electron chi connectivity index (χ3n) is 3.07. The summed E-state index contributed by atoms with van der Waals surface area (Å²) in [5, 5.41) is 2.71. The topological polar surface area (TPSA) is 48.1 Å². The van der Waals surface area contributed by atoms with Crippen molar-refractivity contribution in [3.8, 4) is 5.75 Å². The third kappa shape index (κ3) is 2.53. The number of hydrogen-bond donors (Lipinski definition) is 1. The van der Waals surface area contributed by atoms with Gasteiger partial charge >= 0.3 is 0 Å². The van der Waals surface area contributed by atoms with Gasteiger partial charge in [0.2, 0.25) is 0 Å². The number of aromatic nitrogens is 1. The van der Waals surface area contributed by atoms with Crippen LogP contribution in [0.25, 0.3) is 10.8 Å². The van der Waals surface area contributed by atoms with Gasteiger partial charge in [-0.2, -0.15) is 0 Å². The molecule has 20 heavy (non-hydrogen) atoms. The van der Waals surface area contributed by atoms with Crippen molar-refractivity contribution in [1.29, 1.82) is 0 Å². The van der Waals surface area contributed by atoms with Gasteiger partial charge in [0, 0.05) is 22.0 Å². The first-order chi connectivity index (χ1) is 9.74. The second kappa shape index (κ2) is 5.39. The van der Waals surface area contributed by atoms with Crippen LogP contribution >= 0.6 is 11.6 Å². The molecule has 2 aromatic carbocycles. The fourth-order valence-electron chi connectivity index (χ4n) is 2.11. The molecule has 0 unspecified atom stereocenters. The van der Waals surface area contributed by atoms with Gasteiger partial charge in [-0.3, -0.25) is 0 Å². The molecule has 0 amide bonds. The van der Waals surface area contributed by atoms with Gasteiger partial charge in [0.05, 0.1) is 0 Å². The van der Waals surface area contributed by atoms with E-state index in [0.29, 0.717) is 12.4 Å². The van der Waals surface area contributed by atoms with E-state index in [1.807, 2.05) is 42.5 Å². The first kappa shape index (κ1) is 12.8. The van der Waals surface area contributed by atoms with Crippen LogP contribution in [0.4, 0.5) is 5.82 Å². The molecule has 0 saturated carbocycles. The van der Waals surface area contributed by atoms with Crippen molar-refractivity contribution in [1.82, 2.24) is 4.98 Å². The van der Waals surface area contributed by atoms with E-state index < -0.39 is 0 Å². The Morgan fingerprint density at radius 2 is 1.85 bits per heavy atom. The summed E-state index contributed by atoms with van der Waals surface area (Å²) in [4.78, 5) is 3.96. The Bertz CT molecular complexity index is 758. The highest BCUT2D eigenvalue weighted by Crippen LogP contribution is 2.31. The molecule has 3 aromatic rings. The van der Waals surface area contributed by atoms with Gasteiger partial charge in [-0.1, -0.05) is 35.9 Å². The van der Waals surface area contributed by atoms with Crippen LogP contribution in [-0.2, 0) is 6.61 Å². The van der Waals surface area contributed by atoms with Crippen LogP contribution < -0.4 is 10.5 Å². The summed E-state index contributed by atoms with van der Waals surface area (Å²) in [5.74, 6) is 1.30. The number of halogens is 1. The molecule has 3 nitrogen and oxygen atoms in total. The highest BCUT2D eigenvalue weighted by Gasteiger charge is 2.05. The van der Waals surface area contributed by atoms with Gasteiger partial charge in [0.25, 0.3) is 0 Å².